The topological polar surface area (TPSA) is 78.4 Å². The van der Waals surface area contributed by atoms with Gasteiger partial charge in [0.05, 0.1) is 41.8 Å². The van der Waals surface area contributed by atoms with Crippen molar-refractivity contribution in [2.24, 2.45) is 0 Å². The SMILES string of the molecule is COC(=O)c1c(Cl)ccnc1C.COC(=O)c1c(I)ccnc1C. The number of esters is 2. The Morgan fingerprint density at radius 1 is 0.958 bits per heavy atom. The number of rotatable bonds is 2. The van der Waals surface area contributed by atoms with Crippen molar-refractivity contribution >= 4 is 46.1 Å². The first-order chi connectivity index (χ1) is 11.3. The van der Waals surface area contributed by atoms with Crippen molar-refractivity contribution in [3.8, 4) is 0 Å². The molecule has 0 N–H and O–H groups in total. The van der Waals surface area contributed by atoms with Crippen LogP contribution in [0.25, 0.3) is 0 Å². The van der Waals surface area contributed by atoms with Crippen LogP contribution in [0.5, 0.6) is 0 Å². The van der Waals surface area contributed by atoms with Gasteiger partial charge in [0.25, 0.3) is 0 Å². The average Bonchev–Trinajstić information content (AvgIpc) is 2.54. The zero-order chi connectivity index (χ0) is 18.3. The first-order valence-corrected chi connectivity index (χ1v) is 8.18. The van der Waals surface area contributed by atoms with Crippen LogP contribution in [-0.2, 0) is 9.47 Å². The highest BCUT2D eigenvalue weighted by molar-refractivity contribution is 14.1. The number of carbonyl (C=O) groups is 2. The third-order valence-corrected chi connectivity index (χ3v) is 4.17. The molecule has 2 aromatic heterocycles. The van der Waals surface area contributed by atoms with E-state index in [1.165, 1.54) is 14.2 Å². The summed E-state index contributed by atoms with van der Waals surface area (Å²) in [6, 6.07) is 3.33. The van der Waals surface area contributed by atoms with E-state index < -0.39 is 5.97 Å². The number of hydrogen-bond acceptors (Lipinski definition) is 6. The van der Waals surface area contributed by atoms with Gasteiger partial charge in [-0.2, -0.15) is 0 Å². The molecule has 0 aromatic carbocycles. The van der Waals surface area contributed by atoms with E-state index in [9.17, 15) is 9.59 Å². The number of aryl methyl sites for hydroxylation is 2. The van der Waals surface area contributed by atoms with E-state index in [4.69, 9.17) is 11.6 Å². The van der Waals surface area contributed by atoms with Crippen LogP contribution in [0.1, 0.15) is 32.1 Å². The van der Waals surface area contributed by atoms with Crippen LogP contribution in [0.2, 0.25) is 5.02 Å². The summed E-state index contributed by atoms with van der Waals surface area (Å²) < 4.78 is 10.0. The lowest BCUT2D eigenvalue weighted by atomic mass is 10.2. The number of carbonyl (C=O) groups excluding carboxylic acids is 2. The number of ether oxygens (including phenoxy) is 2. The van der Waals surface area contributed by atoms with Gasteiger partial charge in [0.2, 0.25) is 0 Å². The molecule has 128 valence electrons. The predicted molar refractivity (Wildman–Crippen MR) is 98.4 cm³/mol. The quantitative estimate of drug-likeness (QED) is 0.501. The standard InChI is InChI=1S/C8H8ClNO2.C8H8INO2/c2*1-5-7(8(11)12-2)6(9)3-4-10-5/h2*3-4H,1-2H3. The highest BCUT2D eigenvalue weighted by Crippen LogP contribution is 2.18. The summed E-state index contributed by atoms with van der Waals surface area (Å²) in [6.45, 7) is 3.49. The molecule has 8 heteroatoms. The fourth-order valence-electron chi connectivity index (χ4n) is 1.76. The molecule has 0 saturated carbocycles. The van der Waals surface area contributed by atoms with Gasteiger partial charge < -0.3 is 9.47 Å². The molecule has 0 saturated heterocycles. The van der Waals surface area contributed by atoms with Gasteiger partial charge in [-0.25, -0.2) is 9.59 Å². The monoisotopic (exact) mass is 462 g/mol. The van der Waals surface area contributed by atoms with Crippen LogP contribution in [0, 0.1) is 17.4 Å². The summed E-state index contributed by atoms with van der Waals surface area (Å²) in [6.07, 6.45) is 3.22. The Morgan fingerprint density at radius 3 is 1.88 bits per heavy atom. The van der Waals surface area contributed by atoms with Crippen LogP contribution in [-0.4, -0.2) is 36.1 Å². The zero-order valence-electron chi connectivity index (χ0n) is 13.6. The van der Waals surface area contributed by atoms with Crippen molar-refractivity contribution in [1.29, 1.82) is 0 Å². The molecule has 0 atom stereocenters. The molecule has 0 bridgehead atoms. The van der Waals surface area contributed by atoms with Gasteiger partial charge >= 0.3 is 11.9 Å². The van der Waals surface area contributed by atoms with Crippen molar-refractivity contribution in [1.82, 2.24) is 9.97 Å². The summed E-state index contributed by atoms with van der Waals surface area (Å²) in [7, 11) is 2.68. The molecule has 0 aliphatic carbocycles. The van der Waals surface area contributed by atoms with E-state index in [2.05, 4.69) is 42.0 Å². The normalized spacial score (nSPS) is 9.58. The van der Waals surface area contributed by atoms with Crippen molar-refractivity contribution in [2.75, 3.05) is 14.2 Å². The van der Waals surface area contributed by atoms with Crippen molar-refractivity contribution in [2.45, 2.75) is 13.8 Å². The molecule has 24 heavy (non-hydrogen) atoms. The third-order valence-electron chi connectivity index (χ3n) is 2.96. The molecule has 6 nitrogen and oxygen atoms in total. The number of aromatic nitrogens is 2. The molecule has 0 unspecified atom stereocenters. The number of halogens is 2. The largest absolute Gasteiger partial charge is 0.465 e. The molecule has 2 rings (SSSR count). The van der Waals surface area contributed by atoms with E-state index in [-0.39, 0.29) is 5.97 Å². The van der Waals surface area contributed by atoms with E-state index in [0.29, 0.717) is 27.5 Å². The Kier molecular flexibility index (Phi) is 8.06. The Hall–Kier alpha value is -1.74. The number of pyridine rings is 2. The summed E-state index contributed by atoms with van der Waals surface area (Å²) in [5.41, 5.74) is 2.17. The van der Waals surface area contributed by atoms with E-state index in [0.717, 1.165) is 3.57 Å². The van der Waals surface area contributed by atoms with Crippen molar-refractivity contribution in [3.63, 3.8) is 0 Å². The Labute approximate surface area is 158 Å². The first-order valence-electron chi connectivity index (χ1n) is 6.72. The summed E-state index contributed by atoms with van der Waals surface area (Å²) >= 11 is 7.85. The van der Waals surface area contributed by atoms with Gasteiger partial charge in [0.15, 0.2) is 0 Å². The van der Waals surface area contributed by atoms with Crippen LogP contribution < -0.4 is 0 Å². The van der Waals surface area contributed by atoms with Crippen LogP contribution in [0.4, 0.5) is 0 Å². The molecule has 0 amide bonds. The van der Waals surface area contributed by atoms with Crippen molar-refractivity contribution in [3.05, 3.63) is 55.6 Å². The summed E-state index contributed by atoms with van der Waals surface area (Å²) in [5.74, 6) is -0.782. The van der Waals surface area contributed by atoms with Crippen LogP contribution in [0.3, 0.4) is 0 Å². The minimum Gasteiger partial charge on any atom is -0.465 e. The predicted octanol–water partition coefficient (Wildman–Crippen LogP) is 3.61. The molecule has 0 fully saturated rings. The number of hydrogen-bond donors (Lipinski definition) is 0. The highest BCUT2D eigenvalue weighted by Gasteiger charge is 2.14. The van der Waals surface area contributed by atoms with E-state index in [1.807, 2.05) is 0 Å². The van der Waals surface area contributed by atoms with Gasteiger partial charge in [0.1, 0.15) is 0 Å². The smallest absolute Gasteiger partial charge is 0.341 e. The van der Waals surface area contributed by atoms with Gasteiger partial charge in [-0.05, 0) is 48.6 Å². The fourth-order valence-corrected chi connectivity index (χ4v) is 2.81. The summed E-state index contributed by atoms with van der Waals surface area (Å²) in [5, 5.41) is 0.370. The first kappa shape index (κ1) is 20.3. The molecular formula is C16H16ClIN2O4. The highest BCUT2D eigenvalue weighted by atomic mass is 127. The van der Waals surface area contributed by atoms with E-state index >= 15 is 0 Å². The summed E-state index contributed by atoms with van der Waals surface area (Å²) in [4.78, 5) is 30.2. The Morgan fingerprint density at radius 2 is 1.42 bits per heavy atom. The maximum atomic E-state index is 11.2. The lowest BCUT2D eigenvalue weighted by molar-refractivity contribution is 0.0589. The maximum Gasteiger partial charge on any atom is 0.341 e. The minimum atomic E-state index is -0.453. The average molecular weight is 463 g/mol. The molecule has 0 spiro atoms. The lowest BCUT2D eigenvalue weighted by Gasteiger charge is -2.03. The van der Waals surface area contributed by atoms with Gasteiger partial charge in [-0.1, -0.05) is 11.6 Å². The molecule has 0 radical (unpaired) electrons. The maximum absolute atomic E-state index is 11.2. The van der Waals surface area contributed by atoms with Gasteiger partial charge in [-0.15, -0.1) is 0 Å². The van der Waals surface area contributed by atoms with Crippen LogP contribution >= 0.6 is 34.2 Å². The third kappa shape index (κ3) is 5.13. The second-order valence-corrected chi connectivity index (χ2v) is 6.06. The fraction of sp³-hybridized carbons (Fsp3) is 0.250. The number of methoxy groups -OCH3 is 2. The second kappa shape index (κ2) is 9.53. The second-order valence-electron chi connectivity index (χ2n) is 4.49. The van der Waals surface area contributed by atoms with E-state index in [1.54, 1.807) is 38.4 Å². The van der Waals surface area contributed by atoms with Gasteiger partial charge in [0, 0.05) is 16.0 Å². The van der Waals surface area contributed by atoms with Crippen LogP contribution in [0.15, 0.2) is 24.5 Å². The number of nitrogens with zero attached hydrogens (tertiary/aromatic N) is 2. The van der Waals surface area contributed by atoms with Crippen molar-refractivity contribution < 1.29 is 19.1 Å². The van der Waals surface area contributed by atoms with Gasteiger partial charge in [-0.3, -0.25) is 9.97 Å². The Bertz CT molecular complexity index is 649. The molecular weight excluding hydrogens is 447 g/mol. The zero-order valence-corrected chi connectivity index (χ0v) is 16.5. The molecule has 2 aromatic rings. The molecule has 0 aliphatic rings. The lowest BCUT2D eigenvalue weighted by Crippen LogP contribution is -2.07. The molecule has 2 heterocycles. The minimum absolute atomic E-state index is 0.329. The Balaban J connectivity index is 0.000000240. The molecule has 0 aliphatic heterocycles.